The van der Waals surface area contributed by atoms with Crippen molar-refractivity contribution in [3.8, 4) is 5.82 Å². The molecule has 6 heteroatoms. The van der Waals surface area contributed by atoms with E-state index in [-0.39, 0.29) is 5.54 Å². The van der Waals surface area contributed by atoms with Crippen LogP contribution in [0.1, 0.15) is 36.7 Å². The average molecular weight is 273 g/mol. The van der Waals surface area contributed by atoms with Crippen LogP contribution in [0, 0.1) is 0 Å². The fraction of sp³-hybridized carbons (Fsp3) is 0.357. The van der Waals surface area contributed by atoms with Crippen molar-refractivity contribution in [2.75, 3.05) is 0 Å². The maximum absolute atomic E-state index is 11.1. The number of primary amides is 1. The van der Waals surface area contributed by atoms with Gasteiger partial charge in [0.05, 0.1) is 11.8 Å². The summed E-state index contributed by atoms with van der Waals surface area (Å²) in [4.78, 5) is 15.5. The Balaban J connectivity index is 2.29. The van der Waals surface area contributed by atoms with Gasteiger partial charge in [0.2, 0.25) is 0 Å². The predicted octanol–water partition coefficient (Wildman–Crippen LogP) is 1.25. The number of amides is 1. The molecule has 2 aromatic rings. The summed E-state index contributed by atoms with van der Waals surface area (Å²) < 4.78 is 1.57. The summed E-state index contributed by atoms with van der Waals surface area (Å²) in [7, 11) is 0. The highest BCUT2D eigenvalue weighted by molar-refractivity contribution is 5.92. The van der Waals surface area contributed by atoms with Crippen LogP contribution in [0.25, 0.3) is 5.82 Å². The van der Waals surface area contributed by atoms with E-state index in [1.807, 2.05) is 12.1 Å². The third-order valence-electron chi connectivity index (χ3n) is 2.76. The Morgan fingerprint density at radius 3 is 2.80 bits per heavy atom. The third-order valence-corrected chi connectivity index (χ3v) is 2.76. The molecule has 0 aliphatic rings. The van der Waals surface area contributed by atoms with Crippen LogP contribution in [0.4, 0.5) is 0 Å². The standard InChI is InChI=1S/C14H19N5O/c1-14(2,3)17-7-10-5-4-6-16-13(10)19-9-11(8-18-19)12(15)20/h4-6,8-9,17H,7H2,1-3H3,(H2,15,20). The number of nitrogens with zero attached hydrogens (tertiary/aromatic N) is 3. The van der Waals surface area contributed by atoms with Crippen LogP contribution in [0.3, 0.4) is 0 Å². The van der Waals surface area contributed by atoms with E-state index in [0.717, 1.165) is 5.56 Å². The van der Waals surface area contributed by atoms with Crippen molar-refractivity contribution < 1.29 is 4.79 Å². The number of hydrogen-bond acceptors (Lipinski definition) is 4. The van der Waals surface area contributed by atoms with Crippen molar-refractivity contribution in [1.82, 2.24) is 20.1 Å². The van der Waals surface area contributed by atoms with Gasteiger partial charge in [-0.15, -0.1) is 0 Å². The van der Waals surface area contributed by atoms with E-state index in [1.165, 1.54) is 6.20 Å². The summed E-state index contributed by atoms with van der Waals surface area (Å²) in [6.07, 6.45) is 4.73. The van der Waals surface area contributed by atoms with E-state index in [0.29, 0.717) is 17.9 Å². The maximum atomic E-state index is 11.1. The summed E-state index contributed by atoms with van der Waals surface area (Å²) >= 11 is 0. The normalized spacial score (nSPS) is 11.6. The molecule has 0 fully saturated rings. The summed E-state index contributed by atoms with van der Waals surface area (Å²) in [6.45, 7) is 6.96. The highest BCUT2D eigenvalue weighted by Crippen LogP contribution is 2.13. The molecule has 0 bridgehead atoms. The first kappa shape index (κ1) is 14.2. The molecular formula is C14H19N5O. The van der Waals surface area contributed by atoms with Crippen molar-refractivity contribution in [2.45, 2.75) is 32.9 Å². The van der Waals surface area contributed by atoms with Gasteiger partial charge in [-0.25, -0.2) is 9.67 Å². The van der Waals surface area contributed by atoms with Crippen molar-refractivity contribution in [3.63, 3.8) is 0 Å². The first-order valence-corrected chi connectivity index (χ1v) is 6.40. The first-order valence-electron chi connectivity index (χ1n) is 6.40. The lowest BCUT2D eigenvalue weighted by atomic mass is 10.1. The number of rotatable bonds is 4. The second kappa shape index (κ2) is 5.42. The SMILES string of the molecule is CC(C)(C)NCc1cccnc1-n1cc(C(N)=O)cn1. The second-order valence-electron chi connectivity index (χ2n) is 5.63. The second-order valence-corrected chi connectivity index (χ2v) is 5.63. The maximum Gasteiger partial charge on any atom is 0.251 e. The minimum atomic E-state index is -0.499. The number of carbonyl (C=O) groups is 1. The van der Waals surface area contributed by atoms with E-state index < -0.39 is 5.91 Å². The molecule has 0 atom stereocenters. The van der Waals surface area contributed by atoms with Gasteiger partial charge in [-0.3, -0.25) is 4.79 Å². The van der Waals surface area contributed by atoms with Crippen molar-refractivity contribution >= 4 is 5.91 Å². The van der Waals surface area contributed by atoms with Crippen molar-refractivity contribution in [3.05, 3.63) is 41.9 Å². The fourth-order valence-electron chi connectivity index (χ4n) is 1.70. The van der Waals surface area contributed by atoms with Gasteiger partial charge in [-0.2, -0.15) is 5.10 Å². The molecule has 1 amide bonds. The zero-order chi connectivity index (χ0) is 14.8. The minimum Gasteiger partial charge on any atom is -0.366 e. The highest BCUT2D eigenvalue weighted by atomic mass is 16.1. The lowest BCUT2D eigenvalue weighted by molar-refractivity contribution is 0.100. The fourth-order valence-corrected chi connectivity index (χ4v) is 1.70. The number of carbonyl (C=O) groups excluding carboxylic acids is 1. The van der Waals surface area contributed by atoms with Crippen molar-refractivity contribution in [2.24, 2.45) is 5.73 Å². The zero-order valence-electron chi connectivity index (χ0n) is 11.9. The summed E-state index contributed by atoms with van der Waals surface area (Å²) in [6, 6.07) is 3.86. The van der Waals surface area contributed by atoms with Crippen LogP contribution < -0.4 is 11.1 Å². The molecule has 2 aromatic heterocycles. The summed E-state index contributed by atoms with van der Waals surface area (Å²) in [5.41, 5.74) is 6.61. The van der Waals surface area contributed by atoms with Crippen LogP contribution in [0.2, 0.25) is 0 Å². The largest absolute Gasteiger partial charge is 0.366 e. The molecule has 3 N–H and O–H groups in total. The average Bonchev–Trinajstić information content (AvgIpc) is 2.85. The summed E-state index contributed by atoms with van der Waals surface area (Å²) in [5, 5.41) is 7.54. The number of nitrogens with two attached hydrogens (primary N) is 1. The molecule has 0 aromatic carbocycles. The van der Waals surface area contributed by atoms with E-state index in [9.17, 15) is 4.79 Å². The third kappa shape index (κ3) is 3.42. The molecule has 0 radical (unpaired) electrons. The lowest BCUT2D eigenvalue weighted by Crippen LogP contribution is -2.35. The quantitative estimate of drug-likeness (QED) is 0.878. The molecule has 0 aliphatic carbocycles. The van der Waals surface area contributed by atoms with Gasteiger partial charge in [0, 0.05) is 30.0 Å². The molecule has 20 heavy (non-hydrogen) atoms. The smallest absolute Gasteiger partial charge is 0.251 e. The summed E-state index contributed by atoms with van der Waals surface area (Å²) in [5.74, 6) is 0.193. The van der Waals surface area contributed by atoms with Crippen LogP contribution >= 0.6 is 0 Å². The Kier molecular flexibility index (Phi) is 3.85. The van der Waals surface area contributed by atoms with Crippen LogP contribution in [-0.4, -0.2) is 26.2 Å². The number of hydrogen-bond donors (Lipinski definition) is 2. The highest BCUT2D eigenvalue weighted by Gasteiger charge is 2.13. The zero-order valence-corrected chi connectivity index (χ0v) is 11.9. The lowest BCUT2D eigenvalue weighted by Gasteiger charge is -2.21. The van der Waals surface area contributed by atoms with Crippen LogP contribution in [0.15, 0.2) is 30.7 Å². The molecule has 0 unspecified atom stereocenters. The van der Waals surface area contributed by atoms with E-state index in [4.69, 9.17) is 5.73 Å². The molecule has 2 heterocycles. The Morgan fingerprint density at radius 2 is 2.20 bits per heavy atom. The Morgan fingerprint density at radius 1 is 1.45 bits per heavy atom. The Hall–Kier alpha value is -2.21. The Bertz CT molecular complexity index is 612. The van der Waals surface area contributed by atoms with Gasteiger partial charge in [0.1, 0.15) is 0 Å². The molecule has 0 spiro atoms. The van der Waals surface area contributed by atoms with Gasteiger partial charge in [0.15, 0.2) is 5.82 Å². The van der Waals surface area contributed by atoms with Gasteiger partial charge in [0.25, 0.3) is 5.91 Å². The van der Waals surface area contributed by atoms with Gasteiger partial charge < -0.3 is 11.1 Å². The number of nitrogens with one attached hydrogen (secondary N) is 1. The molecular weight excluding hydrogens is 254 g/mol. The predicted molar refractivity (Wildman–Crippen MR) is 76.5 cm³/mol. The molecule has 106 valence electrons. The molecule has 2 rings (SSSR count). The van der Waals surface area contributed by atoms with E-state index in [2.05, 4.69) is 36.2 Å². The van der Waals surface area contributed by atoms with Crippen LogP contribution in [0.5, 0.6) is 0 Å². The van der Waals surface area contributed by atoms with Gasteiger partial charge in [-0.05, 0) is 26.8 Å². The van der Waals surface area contributed by atoms with E-state index >= 15 is 0 Å². The van der Waals surface area contributed by atoms with Gasteiger partial charge >= 0.3 is 0 Å². The van der Waals surface area contributed by atoms with Gasteiger partial charge in [-0.1, -0.05) is 6.07 Å². The van der Waals surface area contributed by atoms with Crippen molar-refractivity contribution in [1.29, 1.82) is 0 Å². The van der Waals surface area contributed by atoms with Crippen LogP contribution in [-0.2, 0) is 6.54 Å². The number of pyridine rings is 1. The molecule has 6 nitrogen and oxygen atoms in total. The first-order chi connectivity index (χ1) is 9.37. The number of aromatic nitrogens is 3. The minimum absolute atomic E-state index is 0.00954. The topological polar surface area (TPSA) is 85.8 Å². The van der Waals surface area contributed by atoms with E-state index in [1.54, 1.807) is 17.1 Å². The molecule has 0 saturated carbocycles. The molecule has 0 aliphatic heterocycles. The monoisotopic (exact) mass is 273 g/mol. The Labute approximate surface area is 118 Å². The molecule has 0 saturated heterocycles.